The van der Waals surface area contributed by atoms with E-state index in [0.717, 1.165) is 17.1 Å². The third-order valence-corrected chi connectivity index (χ3v) is 2.19. The van der Waals surface area contributed by atoms with Crippen LogP contribution in [0.1, 0.15) is 6.42 Å². The van der Waals surface area contributed by atoms with Crippen molar-refractivity contribution in [2.75, 3.05) is 6.61 Å². The number of carboxylic acid groups (broad SMARTS) is 1. The van der Waals surface area contributed by atoms with Crippen molar-refractivity contribution in [2.45, 2.75) is 19.0 Å². The number of carboxylic acids is 1. The van der Waals surface area contributed by atoms with Crippen LogP contribution in [0, 0.1) is 10.1 Å². The maximum absolute atomic E-state index is 11.5. The summed E-state index contributed by atoms with van der Waals surface area (Å²) in [6, 6.07) is -1.21. The molecular formula is C9H12N4O6. The molecule has 1 aromatic rings. The minimum absolute atomic E-state index is 0.125. The maximum atomic E-state index is 11.5. The van der Waals surface area contributed by atoms with Gasteiger partial charge in [-0.05, 0) is 0 Å². The predicted molar refractivity (Wildman–Crippen MR) is 60.2 cm³/mol. The van der Waals surface area contributed by atoms with E-state index in [2.05, 4.69) is 10.4 Å². The zero-order valence-electron chi connectivity index (χ0n) is 9.72. The number of nitrogens with one attached hydrogen (secondary N) is 1. The number of carbonyl (C=O) groups excluding carboxylic acids is 1. The normalized spacial score (nSPS) is 11.8. The summed E-state index contributed by atoms with van der Waals surface area (Å²) < 4.78 is 1.02. The fraction of sp³-hybridized carbons (Fsp3) is 0.444. The van der Waals surface area contributed by atoms with Gasteiger partial charge in [-0.1, -0.05) is 0 Å². The highest BCUT2D eigenvalue weighted by Crippen LogP contribution is 2.07. The van der Waals surface area contributed by atoms with Crippen molar-refractivity contribution in [3.05, 3.63) is 22.5 Å². The van der Waals surface area contributed by atoms with E-state index in [1.165, 1.54) is 0 Å². The topological polar surface area (TPSA) is 148 Å². The Morgan fingerprint density at radius 2 is 2.26 bits per heavy atom. The van der Waals surface area contributed by atoms with Crippen LogP contribution < -0.4 is 5.32 Å². The van der Waals surface area contributed by atoms with E-state index >= 15 is 0 Å². The van der Waals surface area contributed by atoms with E-state index in [0.29, 0.717) is 0 Å². The van der Waals surface area contributed by atoms with Crippen LogP contribution in [-0.4, -0.2) is 49.4 Å². The number of nitro groups is 1. The first-order chi connectivity index (χ1) is 8.93. The molecule has 0 radical (unpaired) electrons. The van der Waals surface area contributed by atoms with Crippen LogP contribution in [-0.2, 0) is 16.1 Å². The third-order valence-electron chi connectivity index (χ3n) is 2.19. The van der Waals surface area contributed by atoms with Gasteiger partial charge in [-0.15, -0.1) is 0 Å². The molecule has 0 aliphatic heterocycles. The first-order valence-corrected chi connectivity index (χ1v) is 5.24. The molecule has 10 heteroatoms. The molecule has 0 aliphatic carbocycles. The van der Waals surface area contributed by atoms with Gasteiger partial charge in [0, 0.05) is 13.0 Å². The lowest BCUT2D eigenvalue weighted by Gasteiger charge is -2.12. The molecule has 0 aromatic carbocycles. The molecule has 104 valence electrons. The predicted octanol–water partition coefficient (Wildman–Crippen LogP) is -1.26. The molecule has 1 rings (SSSR count). The quantitative estimate of drug-likeness (QED) is 0.414. The average Bonchev–Trinajstić information content (AvgIpc) is 2.76. The van der Waals surface area contributed by atoms with Crippen LogP contribution >= 0.6 is 0 Å². The lowest BCUT2D eigenvalue weighted by atomic mass is 10.2. The van der Waals surface area contributed by atoms with Gasteiger partial charge >= 0.3 is 11.7 Å². The van der Waals surface area contributed by atoms with Crippen LogP contribution in [0.4, 0.5) is 5.69 Å². The fourth-order valence-corrected chi connectivity index (χ4v) is 1.31. The number of hydrogen-bond acceptors (Lipinski definition) is 6. The van der Waals surface area contributed by atoms with E-state index in [1.54, 1.807) is 0 Å². The molecule has 0 saturated heterocycles. The molecule has 1 atom stereocenters. The number of aliphatic hydroxyl groups excluding tert-OH is 1. The van der Waals surface area contributed by atoms with Crippen LogP contribution in [0.5, 0.6) is 0 Å². The van der Waals surface area contributed by atoms with E-state index in [4.69, 9.17) is 10.2 Å². The molecule has 3 N–H and O–H groups in total. The third kappa shape index (κ3) is 4.35. The second-order valence-electron chi connectivity index (χ2n) is 3.62. The van der Waals surface area contributed by atoms with E-state index < -0.39 is 22.8 Å². The Morgan fingerprint density at radius 3 is 2.74 bits per heavy atom. The van der Waals surface area contributed by atoms with Gasteiger partial charge < -0.3 is 15.5 Å². The number of amides is 1. The van der Waals surface area contributed by atoms with Crippen LogP contribution in [0.25, 0.3) is 0 Å². The van der Waals surface area contributed by atoms with Crippen molar-refractivity contribution in [1.82, 2.24) is 15.1 Å². The van der Waals surface area contributed by atoms with Crippen molar-refractivity contribution < 1.29 is 24.7 Å². The number of aliphatic hydroxyl groups is 1. The Kier molecular flexibility index (Phi) is 4.94. The van der Waals surface area contributed by atoms with E-state index in [1.807, 2.05) is 0 Å². The van der Waals surface area contributed by atoms with E-state index in [-0.39, 0.29) is 25.3 Å². The summed E-state index contributed by atoms with van der Waals surface area (Å²) in [4.78, 5) is 32.0. The summed E-state index contributed by atoms with van der Waals surface area (Å²) in [7, 11) is 0. The minimum atomic E-state index is -1.27. The number of aliphatic carboxylic acids is 1. The zero-order chi connectivity index (χ0) is 14.4. The monoisotopic (exact) mass is 272 g/mol. The summed E-state index contributed by atoms with van der Waals surface area (Å²) in [5.74, 6) is -1.94. The van der Waals surface area contributed by atoms with Crippen LogP contribution in [0.3, 0.4) is 0 Å². The number of hydrogen-bond donors (Lipinski definition) is 3. The van der Waals surface area contributed by atoms with E-state index in [9.17, 15) is 19.7 Å². The van der Waals surface area contributed by atoms with Crippen molar-refractivity contribution in [3.8, 4) is 0 Å². The highest BCUT2D eigenvalue weighted by Gasteiger charge is 2.20. The standard InChI is InChI=1S/C9H12N4O6/c14-2-1-7(9(16)17)11-8(15)5-12-4-6(3-10-12)13(18)19/h3-4,7,14H,1-2,5H2,(H,11,15)(H,16,17). The summed E-state index contributed by atoms with van der Waals surface area (Å²) in [5, 5.41) is 33.6. The fourth-order valence-electron chi connectivity index (χ4n) is 1.31. The van der Waals surface area contributed by atoms with Gasteiger partial charge in [-0.25, -0.2) is 4.79 Å². The number of rotatable bonds is 7. The molecule has 1 amide bonds. The number of aromatic nitrogens is 2. The molecule has 1 aromatic heterocycles. The second-order valence-corrected chi connectivity index (χ2v) is 3.62. The SMILES string of the molecule is O=C(Cn1cc([N+](=O)[O-])cn1)NC(CCO)C(=O)O. The molecular weight excluding hydrogens is 260 g/mol. The highest BCUT2D eigenvalue weighted by atomic mass is 16.6. The summed E-state index contributed by atoms with van der Waals surface area (Å²) in [6.07, 6.45) is 1.91. The van der Waals surface area contributed by atoms with Gasteiger partial charge in [0.15, 0.2) is 0 Å². The lowest BCUT2D eigenvalue weighted by Crippen LogP contribution is -2.42. The Balaban J connectivity index is 2.58. The van der Waals surface area contributed by atoms with Crippen molar-refractivity contribution in [1.29, 1.82) is 0 Å². The highest BCUT2D eigenvalue weighted by molar-refractivity contribution is 5.83. The Hall–Kier alpha value is -2.49. The Labute approximate surface area is 106 Å². The Bertz CT molecular complexity index is 485. The van der Waals surface area contributed by atoms with Gasteiger partial charge in [-0.2, -0.15) is 5.10 Å². The molecule has 19 heavy (non-hydrogen) atoms. The summed E-state index contributed by atoms with van der Waals surface area (Å²) in [5.41, 5.74) is -0.266. The number of nitrogens with zero attached hydrogens (tertiary/aromatic N) is 3. The van der Waals surface area contributed by atoms with Crippen LogP contribution in [0.2, 0.25) is 0 Å². The first kappa shape index (κ1) is 14.6. The molecule has 1 unspecified atom stereocenters. The van der Waals surface area contributed by atoms with Crippen LogP contribution in [0.15, 0.2) is 12.4 Å². The van der Waals surface area contributed by atoms with Crippen molar-refractivity contribution in [3.63, 3.8) is 0 Å². The van der Waals surface area contributed by atoms with Gasteiger partial charge in [0.2, 0.25) is 5.91 Å². The molecule has 0 spiro atoms. The van der Waals surface area contributed by atoms with Gasteiger partial charge in [0.05, 0.1) is 4.92 Å². The molecule has 0 bridgehead atoms. The maximum Gasteiger partial charge on any atom is 0.326 e. The average molecular weight is 272 g/mol. The van der Waals surface area contributed by atoms with Crippen molar-refractivity contribution >= 4 is 17.6 Å². The number of carbonyl (C=O) groups is 2. The minimum Gasteiger partial charge on any atom is -0.480 e. The van der Waals surface area contributed by atoms with Gasteiger partial charge in [0.25, 0.3) is 0 Å². The first-order valence-electron chi connectivity index (χ1n) is 5.24. The largest absolute Gasteiger partial charge is 0.480 e. The molecule has 10 nitrogen and oxygen atoms in total. The smallest absolute Gasteiger partial charge is 0.326 e. The van der Waals surface area contributed by atoms with Crippen molar-refractivity contribution in [2.24, 2.45) is 0 Å². The zero-order valence-corrected chi connectivity index (χ0v) is 9.72. The Morgan fingerprint density at radius 1 is 1.58 bits per heavy atom. The lowest BCUT2D eigenvalue weighted by molar-refractivity contribution is -0.385. The molecule has 0 fully saturated rings. The molecule has 0 aliphatic rings. The van der Waals surface area contributed by atoms with Gasteiger partial charge in [0.1, 0.15) is 25.0 Å². The van der Waals surface area contributed by atoms with Gasteiger partial charge in [-0.3, -0.25) is 19.6 Å². The molecule has 1 heterocycles. The molecule has 0 saturated carbocycles. The summed E-state index contributed by atoms with van der Waals surface area (Å²) >= 11 is 0. The second kappa shape index (κ2) is 6.44. The summed E-state index contributed by atoms with van der Waals surface area (Å²) in [6.45, 7) is -0.729.